The van der Waals surface area contributed by atoms with E-state index in [4.69, 9.17) is 21.1 Å². The Morgan fingerprint density at radius 2 is 2.00 bits per heavy atom. The lowest BCUT2D eigenvalue weighted by molar-refractivity contribution is 0.0740. The van der Waals surface area contributed by atoms with Gasteiger partial charge in [0.1, 0.15) is 16.4 Å². The topological polar surface area (TPSA) is 59.9 Å². The highest BCUT2D eigenvalue weighted by Crippen LogP contribution is 2.27. The molecule has 132 valence electrons. The maximum absolute atomic E-state index is 11.9. The summed E-state index contributed by atoms with van der Waals surface area (Å²) in [5.74, 6) is 0.726. The van der Waals surface area contributed by atoms with E-state index >= 15 is 0 Å². The van der Waals surface area contributed by atoms with Crippen LogP contribution in [0.25, 0.3) is 0 Å². The molecule has 2 aromatic carbocycles. The van der Waals surface area contributed by atoms with Crippen molar-refractivity contribution in [1.29, 1.82) is 0 Å². The maximum atomic E-state index is 11.9. The molecule has 3 rings (SSSR count). The van der Waals surface area contributed by atoms with Crippen molar-refractivity contribution in [2.75, 3.05) is 12.5 Å². The van der Waals surface area contributed by atoms with Gasteiger partial charge in [0.2, 0.25) is 0 Å². The molecule has 0 bridgehead atoms. The number of thiophene rings is 1. The van der Waals surface area contributed by atoms with Crippen LogP contribution in [0.4, 0.5) is 5.69 Å². The van der Waals surface area contributed by atoms with Gasteiger partial charge in [-0.1, -0.05) is 17.7 Å². The predicted molar refractivity (Wildman–Crippen MR) is 105 cm³/mol. The van der Waals surface area contributed by atoms with Crippen LogP contribution >= 0.6 is 22.9 Å². The molecule has 0 amide bonds. The first kappa shape index (κ1) is 18.0. The van der Waals surface area contributed by atoms with Crippen LogP contribution in [0.5, 0.6) is 11.5 Å². The van der Waals surface area contributed by atoms with Gasteiger partial charge in [-0.2, -0.15) is 5.10 Å². The normalized spacial score (nSPS) is 10.7. The molecule has 0 aliphatic carbocycles. The van der Waals surface area contributed by atoms with Gasteiger partial charge in [-0.3, -0.25) is 5.43 Å². The second-order valence-electron chi connectivity index (χ2n) is 5.16. The van der Waals surface area contributed by atoms with Crippen LogP contribution in [0.1, 0.15) is 15.2 Å². The average Bonchev–Trinajstić information content (AvgIpc) is 3.18. The molecule has 5 nitrogen and oxygen atoms in total. The van der Waals surface area contributed by atoms with Crippen molar-refractivity contribution in [2.45, 2.75) is 0 Å². The fraction of sp³-hybridized carbons (Fsp3) is 0.0526. The fourth-order valence-electron chi connectivity index (χ4n) is 2.09. The first-order valence-corrected chi connectivity index (χ1v) is 8.90. The molecule has 1 N–H and O–H groups in total. The van der Waals surface area contributed by atoms with E-state index in [9.17, 15) is 4.79 Å². The number of nitrogens with zero attached hydrogens (tertiary/aromatic N) is 1. The molecule has 0 unspecified atom stereocenters. The molecular weight excluding hydrogens is 372 g/mol. The molecule has 0 spiro atoms. The van der Waals surface area contributed by atoms with Crippen LogP contribution < -0.4 is 14.9 Å². The van der Waals surface area contributed by atoms with Crippen LogP contribution in [-0.4, -0.2) is 19.3 Å². The van der Waals surface area contributed by atoms with Crippen LogP contribution in [0.15, 0.2) is 65.1 Å². The largest absolute Gasteiger partial charge is 0.495 e. The lowest BCUT2D eigenvalue weighted by atomic mass is 10.2. The van der Waals surface area contributed by atoms with Crippen molar-refractivity contribution < 1.29 is 14.3 Å². The van der Waals surface area contributed by atoms with Crippen LogP contribution in [-0.2, 0) is 0 Å². The third-order valence-corrected chi connectivity index (χ3v) is 4.52. The Morgan fingerprint density at radius 1 is 1.19 bits per heavy atom. The number of esters is 1. The van der Waals surface area contributed by atoms with Crippen molar-refractivity contribution in [3.63, 3.8) is 0 Å². The standard InChI is InChI=1S/C19H15ClN2O3S/c1-24-17-9-6-14(11-16(17)20)22-21-12-13-4-7-15(8-5-13)25-19(23)18-3-2-10-26-18/h2-12,22H,1H3/b21-12+. The monoisotopic (exact) mass is 386 g/mol. The quantitative estimate of drug-likeness (QED) is 0.278. The van der Waals surface area contributed by atoms with E-state index < -0.39 is 0 Å². The van der Waals surface area contributed by atoms with E-state index in [1.54, 1.807) is 43.7 Å². The van der Waals surface area contributed by atoms with Crippen molar-refractivity contribution in [3.8, 4) is 11.5 Å². The molecule has 0 aliphatic rings. The first-order chi connectivity index (χ1) is 12.7. The van der Waals surface area contributed by atoms with E-state index in [1.165, 1.54) is 11.3 Å². The van der Waals surface area contributed by atoms with E-state index in [0.717, 1.165) is 11.3 Å². The second-order valence-corrected chi connectivity index (χ2v) is 6.51. The van der Waals surface area contributed by atoms with Crippen molar-refractivity contribution in [1.82, 2.24) is 0 Å². The Kier molecular flexibility index (Phi) is 5.88. The summed E-state index contributed by atoms with van der Waals surface area (Å²) in [6.07, 6.45) is 1.66. The van der Waals surface area contributed by atoms with Crippen molar-refractivity contribution in [3.05, 3.63) is 75.4 Å². The highest BCUT2D eigenvalue weighted by molar-refractivity contribution is 7.12. The van der Waals surface area contributed by atoms with Crippen LogP contribution in [0, 0.1) is 0 Å². The van der Waals surface area contributed by atoms with Gasteiger partial charge < -0.3 is 9.47 Å². The van der Waals surface area contributed by atoms with Gasteiger partial charge in [0, 0.05) is 0 Å². The molecule has 26 heavy (non-hydrogen) atoms. The number of rotatable bonds is 6. The number of hydrazone groups is 1. The summed E-state index contributed by atoms with van der Waals surface area (Å²) >= 11 is 7.41. The number of nitrogens with one attached hydrogen (secondary N) is 1. The third kappa shape index (κ3) is 4.62. The number of anilines is 1. The first-order valence-electron chi connectivity index (χ1n) is 7.64. The van der Waals surface area contributed by atoms with Gasteiger partial charge in [-0.05, 0) is 59.5 Å². The Balaban J connectivity index is 1.57. The zero-order valence-electron chi connectivity index (χ0n) is 13.8. The predicted octanol–water partition coefficient (Wildman–Crippen LogP) is 5.08. The van der Waals surface area contributed by atoms with Gasteiger partial charge in [0.15, 0.2) is 0 Å². The summed E-state index contributed by atoms with van der Waals surface area (Å²) in [6, 6.07) is 15.9. The van der Waals surface area contributed by atoms with E-state index in [-0.39, 0.29) is 5.97 Å². The number of benzene rings is 2. The molecule has 1 heterocycles. The number of hydrogen-bond acceptors (Lipinski definition) is 6. The number of carbonyl (C=O) groups is 1. The lowest BCUT2D eigenvalue weighted by Crippen LogP contribution is -2.06. The number of hydrogen-bond donors (Lipinski definition) is 1. The van der Waals surface area contributed by atoms with Gasteiger partial charge in [-0.15, -0.1) is 11.3 Å². The van der Waals surface area contributed by atoms with E-state index in [0.29, 0.717) is 21.4 Å². The van der Waals surface area contributed by atoms with Crippen molar-refractivity contribution in [2.24, 2.45) is 5.10 Å². The number of methoxy groups -OCH3 is 1. The number of ether oxygens (including phenoxy) is 2. The molecular formula is C19H15ClN2O3S. The molecule has 7 heteroatoms. The molecule has 0 fully saturated rings. The summed E-state index contributed by atoms with van der Waals surface area (Å²) in [7, 11) is 1.56. The molecule has 3 aromatic rings. The summed E-state index contributed by atoms with van der Waals surface area (Å²) in [6.45, 7) is 0. The minimum Gasteiger partial charge on any atom is -0.495 e. The molecule has 0 saturated heterocycles. The molecule has 0 saturated carbocycles. The molecule has 0 aliphatic heterocycles. The Hall–Kier alpha value is -2.83. The van der Waals surface area contributed by atoms with Gasteiger partial charge >= 0.3 is 5.97 Å². The zero-order chi connectivity index (χ0) is 18.4. The Morgan fingerprint density at radius 3 is 2.65 bits per heavy atom. The summed E-state index contributed by atoms with van der Waals surface area (Å²) in [5.41, 5.74) is 4.49. The summed E-state index contributed by atoms with van der Waals surface area (Å²) in [5, 5.41) is 6.50. The minimum absolute atomic E-state index is 0.362. The van der Waals surface area contributed by atoms with Crippen molar-refractivity contribution >= 4 is 40.8 Å². The zero-order valence-corrected chi connectivity index (χ0v) is 15.4. The fourth-order valence-corrected chi connectivity index (χ4v) is 2.95. The van der Waals surface area contributed by atoms with Gasteiger partial charge in [0.25, 0.3) is 0 Å². The number of halogens is 1. The smallest absolute Gasteiger partial charge is 0.353 e. The number of carbonyl (C=O) groups excluding carboxylic acids is 1. The van der Waals surface area contributed by atoms with Gasteiger partial charge in [-0.25, -0.2) is 4.79 Å². The summed E-state index contributed by atoms with van der Waals surface area (Å²) < 4.78 is 10.4. The molecule has 0 radical (unpaired) electrons. The molecule has 0 atom stereocenters. The highest BCUT2D eigenvalue weighted by Gasteiger charge is 2.08. The third-order valence-electron chi connectivity index (χ3n) is 3.37. The van der Waals surface area contributed by atoms with Crippen LogP contribution in [0.3, 0.4) is 0 Å². The van der Waals surface area contributed by atoms with E-state index in [2.05, 4.69) is 10.5 Å². The minimum atomic E-state index is -0.362. The highest BCUT2D eigenvalue weighted by atomic mass is 35.5. The van der Waals surface area contributed by atoms with Crippen LogP contribution in [0.2, 0.25) is 5.02 Å². The second kappa shape index (κ2) is 8.51. The maximum Gasteiger partial charge on any atom is 0.353 e. The SMILES string of the molecule is COc1ccc(N/N=C/c2ccc(OC(=O)c3cccs3)cc2)cc1Cl. The molecule has 1 aromatic heterocycles. The van der Waals surface area contributed by atoms with Gasteiger partial charge in [0.05, 0.1) is 24.0 Å². The van der Waals surface area contributed by atoms with E-state index in [1.807, 2.05) is 29.6 Å². The Labute approximate surface area is 159 Å². The average molecular weight is 387 g/mol. The lowest BCUT2D eigenvalue weighted by Gasteiger charge is -2.05. The Bertz CT molecular complexity index is 909. The summed E-state index contributed by atoms with van der Waals surface area (Å²) in [4.78, 5) is 12.5.